The predicted molar refractivity (Wildman–Crippen MR) is 97.0 cm³/mol. The lowest BCUT2D eigenvalue weighted by atomic mass is 9.98. The van der Waals surface area contributed by atoms with Crippen molar-refractivity contribution in [3.05, 3.63) is 30.3 Å². The van der Waals surface area contributed by atoms with Crippen LogP contribution in [0.15, 0.2) is 35.2 Å². The molecule has 1 heterocycles. The molecule has 2 rings (SSSR count). The van der Waals surface area contributed by atoms with Crippen molar-refractivity contribution in [3.63, 3.8) is 0 Å². The van der Waals surface area contributed by atoms with E-state index in [-0.39, 0.29) is 17.3 Å². The summed E-state index contributed by atoms with van der Waals surface area (Å²) in [6, 6.07) is 7.20. The molecule has 1 aromatic carbocycles. The predicted octanol–water partition coefficient (Wildman–Crippen LogP) is 1.85. The summed E-state index contributed by atoms with van der Waals surface area (Å²) in [6.45, 7) is 2.39. The number of unbranched alkanes of at least 4 members (excludes halogenated alkanes) is 1. The minimum absolute atomic E-state index is 0.0726. The Morgan fingerprint density at radius 1 is 1.31 bits per heavy atom. The molecular formula is C18H26N2O5S. The number of amides is 1. The molecular weight excluding hydrogens is 356 g/mol. The van der Waals surface area contributed by atoms with E-state index < -0.39 is 28.0 Å². The number of carboxylic acid groups (broad SMARTS) is 1. The van der Waals surface area contributed by atoms with Gasteiger partial charge in [0.2, 0.25) is 15.9 Å². The summed E-state index contributed by atoms with van der Waals surface area (Å²) in [5.41, 5.74) is 0. The van der Waals surface area contributed by atoms with Gasteiger partial charge in [0.15, 0.2) is 0 Å². The summed E-state index contributed by atoms with van der Waals surface area (Å²) < 4.78 is 26.8. The van der Waals surface area contributed by atoms with Crippen LogP contribution in [0.2, 0.25) is 0 Å². The van der Waals surface area contributed by atoms with E-state index >= 15 is 0 Å². The largest absolute Gasteiger partial charge is 0.480 e. The zero-order valence-corrected chi connectivity index (χ0v) is 15.7. The molecule has 2 N–H and O–H groups in total. The van der Waals surface area contributed by atoms with E-state index in [1.54, 1.807) is 18.2 Å². The van der Waals surface area contributed by atoms with Crippen molar-refractivity contribution in [2.75, 3.05) is 13.1 Å². The van der Waals surface area contributed by atoms with Crippen LogP contribution in [0.5, 0.6) is 0 Å². The first kappa shape index (κ1) is 20.4. The smallest absolute Gasteiger partial charge is 0.326 e. The van der Waals surface area contributed by atoms with Gasteiger partial charge in [-0.3, -0.25) is 4.79 Å². The Morgan fingerprint density at radius 3 is 2.62 bits per heavy atom. The molecule has 1 saturated heterocycles. The van der Waals surface area contributed by atoms with Gasteiger partial charge in [-0.05, 0) is 31.4 Å². The van der Waals surface area contributed by atoms with E-state index in [2.05, 4.69) is 5.32 Å². The molecule has 0 saturated carbocycles. The zero-order chi connectivity index (χ0) is 19.2. The SMILES string of the molecule is CCCC[C@H](NC(=O)C1CCCN(S(=O)(=O)c2ccccc2)C1)C(=O)O. The molecule has 1 aliphatic heterocycles. The Morgan fingerprint density at radius 2 is 2.00 bits per heavy atom. The van der Waals surface area contributed by atoms with Gasteiger partial charge in [0.1, 0.15) is 6.04 Å². The Kier molecular flexibility index (Phi) is 7.16. The van der Waals surface area contributed by atoms with Gasteiger partial charge in [-0.25, -0.2) is 13.2 Å². The third-order valence-corrected chi connectivity index (χ3v) is 6.48. The molecule has 1 amide bonds. The number of piperidine rings is 1. The van der Waals surface area contributed by atoms with Crippen LogP contribution in [0.4, 0.5) is 0 Å². The Labute approximate surface area is 154 Å². The van der Waals surface area contributed by atoms with Gasteiger partial charge in [0, 0.05) is 13.1 Å². The van der Waals surface area contributed by atoms with Crippen molar-refractivity contribution >= 4 is 21.9 Å². The molecule has 0 radical (unpaired) electrons. The number of rotatable bonds is 8. The van der Waals surface area contributed by atoms with Crippen LogP contribution in [-0.2, 0) is 19.6 Å². The maximum Gasteiger partial charge on any atom is 0.326 e. The van der Waals surface area contributed by atoms with E-state index in [4.69, 9.17) is 0 Å². The first-order chi connectivity index (χ1) is 12.4. The zero-order valence-electron chi connectivity index (χ0n) is 14.9. The number of sulfonamides is 1. The first-order valence-electron chi connectivity index (χ1n) is 8.94. The minimum atomic E-state index is -3.65. The second kappa shape index (κ2) is 9.14. The summed E-state index contributed by atoms with van der Waals surface area (Å²) in [7, 11) is -3.65. The Balaban J connectivity index is 2.05. The summed E-state index contributed by atoms with van der Waals surface area (Å²) >= 11 is 0. The fourth-order valence-electron chi connectivity index (χ4n) is 3.07. The fourth-order valence-corrected chi connectivity index (χ4v) is 4.62. The van der Waals surface area contributed by atoms with Crippen molar-refractivity contribution in [1.29, 1.82) is 0 Å². The molecule has 1 fully saturated rings. The highest BCUT2D eigenvalue weighted by molar-refractivity contribution is 7.89. The van der Waals surface area contributed by atoms with Crippen molar-refractivity contribution < 1.29 is 23.1 Å². The maximum absolute atomic E-state index is 12.7. The molecule has 1 aliphatic rings. The maximum atomic E-state index is 12.7. The van der Waals surface area contributed by atoms with Gasteiger partial charge < -0.3 is 10.4 Å². The first-order valence-corrected chi connectivity index (χ1v) is 10.4. The highest BCUT2D eigenvalue weighted by Gasteiger charge is 2.34. The number of carbonyl (C=O) groups is 2. The lowest BCUT2D eigenvalue weighted by molar-refractivity contribution is -0.143. The number of hydrogen-bond donors (Lipinski definition) is 2. The van der Waals surface area contributed by atoms with Crippen molar-refractivity contribution in [1.82, 2.24) is 9.62 Å². The van der Waals surface area contributed by atoms with Crippen LogP contribution >= 0.6 is 0 Å². The third kappa shape index (κ3) is 5.04. The van der Waals surface area contributed by atoms with Crippen molar-refractivity contribution in [2.24, 2.45) is 5.92 Å². The summed E-state index contributed by atoms with van der Waals surface area (Å²) in [6.07, 6.45) is 3.03. The highest BCUT2D eigenvalue weighted by Crippen LogP contribution is 2.24. The fraction of sp³-hybridized carbons (Fsp3) is 0.556. The number of carboxylic acids is 1. The standard InChI is InChI=1S/C18H26N2O5S/c1-2-3-11-16(18(22)23)19-17(21)14-8-7-12-20(13-14)26(24,25)15-9-5-4-6-10-15/h4-6,9-10,14,16H,2-3,7-8,11-13H2,1H3,(H,19,21)(H,22,23)/t14?,16-/m0/s1. The normalized spacial score (nSPS) is 19.7. The molecule has 26 heavy (non-hydrogen) atoms. The number of carbonyl (C=O) groups excluding carboxylic acids is 1. The van der Waals surface area contributed by atoms with Crippen LogP contribution in [0.3, 0.4) is 0 Å². The molecule has 0 spiro atoms. The van der Waals surface area contributed by atoms with Crippen molar-refractivity contribution in [3.8, 4) is 0 Å². The molecule has 1 aromatic rings. The number of aliphatic carboxylic acids is 1. The van der Waals surface area contributed by atoms with E-state index in [9.17, 15) is 23.1 Å². The quantitative estimate of drug-likeness (QED) is 0.714. The molecule has 144 valence electrons. The van der Waals surface area contributed by atoms with Gasteiger partial charge >= 0.3 is 5.97 Å². The Bertz CT molecular complexity index is 720. The summed E-state index contributed by atoms with van der Waals surface area (Å²) in [5.74, 6) is -1.98. The molecule has 8 heteroatoms. The van der Waals surface area contributed by atoms with E-state index in [0.717, 1.165) is 6.42 Å². The average molecular weight is 382 g/mol. The molecule has 1 unspecified atom stereocenters. The summed E-state index contributed by atoms with van der Waals surface area (Å²) in [4.78, 5) is 24.0. The van der Waals surface area contributed by atoms with Crippen LogP contribution in [-0.4, -0.2) is 48.8 Å². The van der Waals surface area contributed by atoms with Gasteiger partial charge in [-0.15, -0.1) is 0 Å². The Hall–Kier alpha value is -1.93. The molecule has 2 atom stereocenters. The number of hydrogen-bond acceptors (Lipinski definition) is 4. The number of nitrogens with one attached hydrogen (secondary N) is 1. The van der Waals surface area contributed by atoms with Crippen molar-refractivity contribution in [2.45, 2.75) is 50.0 Å². The number of benzene rings is 1. The highest BCUT2D eigenvalue weighted by atomic mass is 32.2. The molecule has 0 aromatic heterocycles. The molecule has 0 bridgehead atoms. The van der Waals surface area contributed by atoms with Crippen LogP contribution < -0.4 is 5.32 Å². The van der Waals surface area contributed by atoms with Gasteiger partial charge in [-0.1, -0.05) is 38.0 Å². The number of nitrogens with zero attached hydrogens (tertiary/aromatic N) is 1. The monoisotopic (exact) mass is 382 g/mol. The van der Waals surface area contributed by atoms with Gasteiger partial charge in [0.05, 0.1) is 10.8 Å². The summed E-state index contributed by atoms with van der Waals surface area (Å²) in [5, 5.41) is 11.8. The minimum Gasteiger partial charge on any atom is -0.480 e. The van der Waals surface area contributed by atoms with Crippen LogP contribution in [0, 0.1) is 5.92 Å². The van der Waals surface area contributed by atoms with E-state index in [1.165, 1.54) is 16.4 Å². The second-order valence-electron chi connectivity index (χ2n) is 6.56. The van der Waals surface area contributed by atoms with Crippen LogP contribution in [0.1, 0.15) is 39.0 Å². The lowest BCUT2D eigenvalue weighted by Gasteiger charge is -2.31. The third-order valence-electron chi connectivity index (χ3n) is 4.60. The second-order valence-corrected chi connectivity index (χ2v) is 8.49. The average Bonchev–Trinajstić information content (AvgIpc) is 2.65. The van der Waals surface area contributed by atoms with E-state index in [0.29, 0.717) is 32.2 Å². The molecule has 0 aliphatic carbocycles. The lowest BCUT2D eigenvalue weighted by Crippen LogP contribution is -2.49. The van der Waals surface area contributed by atoms with Crippen LogP contribution in [0.25, 0.3) is 0 Å². The topological polar surface area (TPSA) is 104 Å². The molecule has 7 nitrogen and oxygen atoms in total. The van der Waals surface area contributed by atoms with E-state index in [1.807, 2.05) is 6.92 Å². The van der Waals surface area contributed by atoms with Gasteiger partial charge in [-0.2, -0.15) is 4.31 Å². The van der Waals surface area contributed by atoms with Gasteiger partial charge in [0.25, 0.3) is 0 Å².